The summed E-state index contributed by atoms with van der Waals surface area (Å²) < 4.78 is 27.8. The van der Waals surface area contributed by atoms with Crippen LogP contribution in [0.25, 0.3) is 0 Å². The molecule has 0 saturated carbocycles. The average Bonchev–Trinajstić information content (AvgIpc) is 3.00. The molecule has 2 aromatic rings. The van der Waals surface area contributed by atoms with E-state index >= 15 is 0 Å². The first-order chi connectivity index (χ1) is 11.0. The smallest absolute Gasteiger partial charge is 0.315 e. The molecular formula is C15H18F2N4O2. The van der Waals surface area contributed by atoms with Crippen LogP contribution in [0, 0.1) is 11.6 Å². The molecule has 0 fully saturated rings. The predicted octanol–water partition coefficient (Wildman–Crippen LogP) is 1.58. The summed E-state index contributed by atoms with van der Waals surface area (Å²) in [4.78, 5) is 15.7. The zero-order valence-electron chi connectivity index (χ0n) is 12.5. The molecule has 0 unspecified atom stereocenters. The van der Waals surface area contributed by atoms with Gasteiger partial charge in [0.25, 0.3) is 0 Å². The number of nitrogens with zero attached hydrogens (tertiary/aromatic N) is 2. The molecule has 0 saturated heterocycles. The van der Waals surface area contributed by atoms with Crippen LogP contribution >= 0.6 is 0 Å². The van der Waals surface area contributed by atoms with E-state index in [1.54, 1.807) is 18.7 Å². The third-order valence-corrected chi connectivity index (χ3v) is 3.21. The second kappa shape index (κ2) is 7.68. The van der Waals surface area contributed by atoms with Crippen LogP contribution in [-0.2, 0) is 6.54 Å². The van der Waals surface area contributed by atoms with Gasteiger partial charge in [-0.15, -0.1) is 0 Å². The molecule has 8 heteroatoms. The van der Waals surface area contributed by atoms with Crippen LogP contribution in [0.1, 0.15) is 18.6 Å². The van der Waals surface area contributed by atoms with Crippen LogP contribution in [0.15, 0.2) is 36.9 Å². The van der Waals surface area contributed by atoms with E-state index in [2.05, 4.69) is 15.6 Å². The number of aromatic nitrogens is 2. The monoisotopic (exact) mass is 324 g/mol. The molecule has 0 aliphatic rings. The molecule has 1 aromatic heterocycles. The van der Waals surface area contributed by atoms with Gasteiger partial charge >= 0.3 is 6.03 Å². The molecule has 23 heavy (non-hydrogen) atoms. The molecule has 0 spiro atoms. The SMILES string of the molecule is C[C@H](Cn1ccnc1)NC(=O)NC[C@@H](O)c1ccc(F)c(F)c1. The summed E-state index contributed by atoms with van der Waals surface area (Å²) in [6.07, 6.45) is 3.94. The summed E-state index contributed by atoms with van der Waals surface area (Å²) >= 11 is 0. The van der Waals surface area contributed by atoms with Crippen LogP contribution in [0.2, 0.25) is 0 Å². The maximum Gasteiger partial charge on any atom is 0.315 e. The molecule has 2 amide bonds. The minimum absolute atomic E-state index is 0.116. The molecule has 124 valence electrons. The van der Waals surface area contributed by atoms with Crippen molar-refractivity contribution in [2.45, 2.75) is 25.6 Å². The fourth-order valence-electron chi connectivity index (χ4n) is 2.06. The van der Waals surface area contributed by atoms with E-state index in [1.807, 2.05) is 11.5 Å². The number of aliphatic hydroxyl groups is 1. The number of hydrogen-bond donors (Lipinski definition) is 3. The van der Waals surface area contributed by atoms with Crippen molar-refractivity contribution >= 4 is 6.03 Å². The zero-order valence-corrected chi connectivity index (χ0v) is 12.5. The van der Waals surface area contributed by atoms with E-state index in [0.29, 0.717) is 6.54 Å². The Labute approximate surface area is 132 Å². The average molecular weight is 324 g/mol. The molecule has 6 nitrogen and oxygen atoms in total. The van der Waals surface area contributed by atoms with Crippen molar-refractivity contribution in [3.63, 3.8) is 0 Å². The Kier molecular flexibility index (Phi) is 5.64. The maximum absolute atomic E-state index is 13.1. The van der Waals surface area contributed by atoms with E-state index < -0.39 is 23.8 Å². The highest BCUT2D eigenvalue weighted by Gasteiger charge is 2.13. The normalized spacial score (nSPS) is 13.4. The Balaban J connectivity index is 1.77. The fraction of sp³-hybridized carbons (Fsp3) is 0.333. The number of nitrogens with one attached hydrogen (secondary N) is 2. The number of aliphatic hydroxyl groups excluding tert-OH is 1. The van der Waals surface area contributed by atoms with Crippen LogP contribution < -0.4 is 10.6 Å². The highest BCUT2D eigenvalue weighted by molar-refractivity contribution is 5.74. The van der Waals surface area contributed by atoms with Crippen molar-refractivity contribution in [1.29, 1.82) is 0 Å². The molecule has 3 N–H and O–H groups in total. The number of hydrogen-bond acceptors (Lipinski definition) is 3. The minimum atomic E-state index is -1.13. The van der Waals surface area contributed by atoms with E-state index in [9.17, 15) is 18.7 Å². The lowest BCUT2D eigenvalue weighted by Gasteiger charge is -2.17. The van der Waals surface area contributed by atoms with Gasteiger partial charge in [-0.3, -0.25) is 0 Å². The number of halogens is 2. The van der Waals surface area contributed by atoms with E-state index in [-0.39, 0.29) is 18.2 Å². The molecule has 2 rings (SSSR count). The lowest BCUT2D eigenvalue weighted by molar-refractivity contribution is 0.172. The second-order valence-corrected chi connectivity index (χ2v) is 5.20. The van der Waals surface area contributed by atoms with Gasteiger partial charge < -0.3 is 20.3 Å². The Hall–Kier alpha value is -2.48. The number of imidazole rings is 1. The number of rotatable bonds is 6. The van der Waals surface area contributed by atoms with Gasteiger partial charge in [0.2, 0.25) is 0 Å². The van der Waals surface area contributed by atoms with Gasteiger partial charge in [-0.2, -0.15) is 0 Å². The van der Waals surface area contributed by atoms with Crippen LogP contribution in [-0.4, -0.2) is 33.3 Å². The summed E-state index contributed by atoms with van der Waals surface area (Å²) in [5, 5.41) is 15.1. The maximum atomic E-state index is 13.1. The standard InChI is InChI=1S/C15H18F2N4O2/c1-10(8-21-5-4-18-9-21)20-15(23)19-7-14(22)11-2-3-12(16)13(17)6-11/h2-6,9-10,14,22H,7-8H2,1H3,(H2,19,20,23)/t10-,14-/m1/s1. The quantitative estimate of drug-likeness (QED) is 0.755. The summed E-state index contributed by atoms with van der Waals surface area (Å²) in [6.45, 7) is 2.26. The number of benzene rings is 1. The molecule has 1 aromatic carbocycles. The Morgan fingerprint density at radius 3 is 2.83 bits per heavy atom. The number of carbonyl (C=O) groups excluding carboxylic acids is 1. The van der Waals surface area contributed by atoms with Gasteiger partial charge in [0.15, 0.2) is 11.6 Å². The van der Waals surface area contributed by atoms with Crippen molar-refractivity contribution < 1.29 is 18.7 Å². The van der Waals surface area contributed by atoms with Gasteiger partial charge in [0.05, 0.1) is 12.4 Å². The number of urea groups is 1. The van der Waals surface area contributed by atoms with E-state index in [0.717, 1.165) is 12.1 Å². The van der Waals surface area contributed by atoms with Gasteiger partial charge in [-0.1, -0.05) is 6.07 Å². The first kappa shape index (κ1) is 16.9. The Bertz CT molecular complexity index is 649. The Morgan fingerprint density at radius 1 is 1.39 bits per heavy atom. The van der Waals surface area contributed by atoms with Crippen LogP contribution in [0.4, 0.5) is 13.6 Å². The largest absolute Gasteiger partial charge is 0.387 e. The van der Waals surface area contributed by atoms with E-state index in [4.69, 9.17) is 0 Å². The molecule has 0 aliphatic carbocycles. The van der Waals surface area contributed by atoms with Gasteiger partial charge in [-0.25, -0.2) is 18.6 Å². The zero-order chi connectivity index (χ0) is 16.8. The highest BCUT2D eigenvalue weighted by Crippen LogP contribution is 2.15. The van der Waals surface area contributed by atoms with Crippen molar-refractivity contribution in [2.24, 2.45) is 0 Å². The predicted molar refractivity (Wildman–Crippen MR) is 79.5 cm³/mol. The lowest BCUT2D eigenvalue weighted by Crippen LogP contribution is -2.43. The topological polar surface area (TPSA) is 79.2 Å². The molecule has 2 atom stereocenters. The Morgan fingerprint density at radius 2 is 2.17 bits per heavy atom. The summed E-state index contributed by atoms with van der Waals surface area (Å²) in [5.74, 6) is -2.03. The van der Waals surface area contributed by atoms with Gasteiger partial charge in [0.1, 0.15) is 0 Å². The molecule has 0 radical (unpaired) electrons. The van der Waals surface area contributed by atoms with Gasteiger partial charge in [0, 0.05) is 31.5 Å². The second-order valence-electron chi connectivity index (χ2n) is 5.20. The summed E-state index contributed by atoms with van der Waals surface area (Å²) in [5.41, 5.74) is 0.190. The van der Waals surface area contributed by atoms with Crippen molar-refractivity contribution in [3.8, 4) is 0 Å². The molecule has 0 aliphatic heterocycles. The lowest BCUT2D eigenvalue weighted by atomic mass is 10.1. The van der Waals surface area contributed by atoms with Crippen molar-refractivity contribution in [3.05, 3.63) is 54.1 Å². The third-order valence-electron chi connectivity index (χ3n) is 3.21. The highest BCUT2D eigenvalue weighted by atomic mass is 19.2. The fourth-order valence-corrected chi connectivity index (χ4v) is 2.06. The molecule has 0 bridgehead atoms. The molecule has 1 heterocycles. The van der Waals surface area contributed by atoms with Crippen LogP contribution in [0.3, 0.4) is 0 Å². The van der Waals surface area contributed by atoms with Gasteiger partial charge in [-0.05, 0) is 24.6 Å². The number of carbonyl (C=O) groups is 1. The van der Waals surface area contributed by atoms with E-state index in [1.165, 1.54) is 6.07 Å². The summed E-state index contributed by atoms with van der Waals surface area (Å²) in [6, 6.07) is 2.50. The minimum Gasteiger partial charge on any atom is -0.387 e. The molecular weight excluding hydrogens is 306 g/mol. The van der Waals surface area contributed by atoms with Crippen molar-refractivity contribution in [2.75, 3.05) is 6.54 Å². The first-order valence-corrected chi connectivity index (χ1v) is 7.09. The van der Waals surface area contributed by atoms with Crippen LogP contribution in [0.5, 0.6) is 0 Å². The number of amides is 2. The first-order valence-electron chi connectivity index (χ1n) is 7.09. The van der Waals surface area contributed by atoms with Crippen molar-refractivity contribution in [1.82, 2.24) is 20.2 Å². The summed E-state index contributed by atoms with van der Waals surface area (Å²) in [7, 11) is 0. The third kappa shape index (κ3) is 5.03.